The standard InChI is InChI=1S/C13H22N2S/c1-4-10-9-16-12(14-10)15-11-6-5-7-13(2,3)8-11/h9,11H,4-8H2,1-3H3,(H,14,15). The summed E-state index contributed by atoms with van der Waals surface area (Å²) in [7, 11) is 0. The van der Waals surface area contributed by atoms with Crippen LogP contribution in [0.3, 0.4) is 0 Å². The summed E-state index contributed by atoms with van der Waals surface area (Å²) < 4.78 is 0. The summed E-state index contributed by atoms with van der Waals surface area (Å²) in [5.41, 5.74) is 1.71. The molecule has 1 fully saturated rings. The molecule has 0 amide bonds. The monoisotopic (exact) mass is 238 g/mol. The minimum atomic E-state index is 0.501. The van der Waals surface area contributed by atoms with E-state index in [4.69, 9.17) is 0 Å². The van der Waals surface area contributed by atoms with Crippen molar-refractivity contribution >= 4 is 16.5 Å². The van der Waals surface area contributed by atoms with Gasteiger partial charge in [0.2, 0.25) is 0 Å². The molecular formula is C13H22N2S. The molecule has 1 N–H and O–H groups in total. The number of nitrogens with zero attached hydrogens (tertiary/aromatic N) is 1. The summed E-state index contributed by atoms with van der Waals surface area (Å²) >= 11 is 1.75. The lowest BCUT2D eigenvalue weighted by Gasteiger charge is -2.35. The van der Waals surface area contributed by atoms with Gasteiger partial charge in [-0.2, -0.15) is 0 Å². The first-order valence-electron chi connectivity index (χ1n) is 6.30. The van der Waals surface area contributed by atoms with Crippen molar-refractivity contribution in [2.24, 2.45) is 5.41 Å². The van der Waals surface area contributed by atoms with Crippen LogP contribution in [0.25, 0.3) is 0 Å². The molecule has 3 heteroatoms. The molecule has 1 aliphatic carbocycles. The van der Waals surface area contributed by atoms with E-state index in [0.717, 1.165) is 11.6 Å². The SMILES string of the molecule is CCc1csc(NC2CCCC(C)(C)C2)n1. The van der Waals surface area contributed by atoms with E-state index in [2.05, 4.69) is 36.5 Å². The fraction of sp³-hybridized carbons (Fsp3) is 0.769. The van der Waals surface area contributed by atoms with Crippen molar-refractivity contribution in [1.82, 2.24) is 4.98 Å². The van der Waals surface area contributed by atoms with E-state index >= 15 is 0 Å². The summed E-state index contributed by atoms with van der Waals surface area (Å²) in [4.78, 5) is 4.58. The van der Waals surface area contributed by atoms with Gasteiger partial charge in [0.25, 0.3) is 0 Å². The van der Waals surface area contributed by atoms with Crippen LogP contribution < -0.4 is 5.32 Å². The van der Waals surface area contributed by atoms with Gasteiger partial charge < -0.3 is 5.32 Å². The summed E-state index contributed by atoms with van der Waals surface area (Å²) in [5.74, 6) is 0. The van der Waals surface area contributed by atoms with Crippen LogP contribution in [0.4, 0.5) is 5.13 Å². The fourth-order valence-electron chi connectivity index (χ4n) is 2.53. The van der Waals surface area contributed by atoms with Gasteiger partial charge in [0.1, 0.15) is 0 Å². The number of hydrogen-bond acceptors (Lipinski definition) is 3. The molecule has 1 aliphatic rings. The lowest BCUT2D eigenvalue weighted by atomic mass is 9.75. The van der Waals surface area contributed by atoms with Crippen LogP contribution in [0, 0.1) is 5.41 Å². The normalized spacial score (nSPS) is 24.3. The van der Waals surface area contributed by atoms with Crippen molar-refractivity contribution in [2.45, 2.75) is 58.9 Å². The Labute approximate surface area is 102 Å². The molecule has 0 aliphatic heterocycles. The van der Waals surface area contributed by atoms with Crippen LogP contribution >= 0.6 is 11.3 Å². The minimum Gasteiger partial charge on any atom is -0.359 e. The van der Waals surface area contributed by atoms with Crippen molar-refractivity contribution in [3.05, 3.63) is 11.1 Å². The molecule has 1 aromatic rings. The average molecular weight is 238 g/mol. The lowest BCUT2D eigenvalue weighted by Crippen LogP contribution is -2.31. The second kappa shape index (κ2) is 4.74. The Morgan fingerprint density at radius 2 is 2.38 bits per heavy atom. The van der Waals surface area contributed by atoms with Gasteiger partial charge in [0.15, 0.2) is 5.13 Å². The zero-order valence-electron chi connectivity index (χ0n) is 10.5. The number of nitrogens with one attached hydrogen (secondary N) is 1. The van der Waals surface area contributed by atoms with Crippen LogP contribution in [0.15, 0.2) is 5.38 Å². The predicted octanol–water partition coefficient (Wildman–Crippen LogP) is 4.09. The maximum atomic E-state index is 4.58. The van der Waals surface area contributed by atoms with Crippen molar-refractivity contribution in [2.75, 3.05) is 5.32 Å². The van der Waals surface area contributed by atoms with Crippen molar-refractivity contribution in [3.63, 3.8) is 0 Å². The van der Waals surface area contributed by atoms with E-state index in [1.807, 2.05) is 0 Å². The minimum absolute atomic E-state index is 0.501. The Hall–Kier alpha value is -0.570. The topological polar surface area (TPSA) is 24.9 Å². The van der Waals surface area contributed by atoms with E-state index in [1.54, 1.807) is 11.3 Å². The first kappa shape index (κ1) is 11.9. The zero-order chi connectivity index (χ0) is 11.6. The molecule has 0 bridgehead atoms. The molecule has 0 saturated heterocycles. The van der Waals surface area contributed by atoms with E-state index < -0.39 is 0 Å². The summed E-state index contributed by atoms with van der Waals surface area (Å²) in [5, 5.41) is 6.87. The predicted molar refractivity (Wildman–Crippen MR) is 71.2 cm³/mol. The van der Waals surface area contributed by atoms with Crippen LogP contribution in [-0.4, -0.2) is 11.0 Å². The maximum Gasteiger partial charge on any atom is 0.183 e. The number of aryl methyl sites for hydroxylation is 1. The van der Waals surface area contributed by atoms with Crippen LogP contribution in [0.2, 0.25) is 0 Å². The van der Waals surface area contributed by atoms with Gasteiger partial charge in [0.05, 0.1) is 5.69 Å². The Morgan fingerprint density at radius 3 is 3.00 bits per heavy atom. The van der Waals surface area contributed by atoms with Crippen molar-refractivity contribution in [3.8, 4) is 0 Å². The quantitative estimate of drug-likeness (QED) is 0.858. The van der Waals surface area contributed by atoms with E-state index in [1.165, 1.54) is 31.4 Å². The molecule has 1 heterocycles. The van der Waals surface area contributed by atoms with Gasteiger partial charge in [-0.15, -0.1) is 11.3 Å². The molecule has 2 rings (SSSR count). The Bertz CT molecular complexity index is 343. The molecule has 1 aromatic heterocycles. The number of anilines is 1. The molecule has 0 aromatic carbocycles. The molecule has 90 valence electrons. The molecule has 16 heavy (non-hydrogen) atoms. The van der Waals surface area contributed by atoms with Crippen molar-refractivity contribution in [1.29, 1.82) is 0 Å². The Balaban J connectivity index is 1.94. The van der Waals surface area contributed by atoms with E-state index in [-0.39, 0.29) is 0 Å². The third-order valence-electron chi connectivity index (χ3n) is 3.45. The van der Waals surface area contributed by atoms with Crippen LogP contribution in [0.1, 0.15) is 52.1 Å². The number of hydrogen-bond donors (Lipinski definition) is 1. The van der Waals surface area contributed by atoms with Crippen LogP contribution in [0.5, 0.6) is 0 Å². The molecular weight excluding hydrogens is 216 g/mol. The lowest BCUT2D eigenvalue weighted by molar-refractivity contribution is 0.229. The summed E-state index contributed by atoms with van der Waals surface area (Å²) in [6.07, 6.45) is 6.31. The van der Waals surface area contributed by atoms with Gasteiger partial charge in [-0.1, -0.05) is 27.2 Å². The van der Waals surface area contributed by atoms with Crippen molar-refractivity contribution < 1.29 is 0 Å². The van der Waals surface area contributed by atoms with Gasteiger partial charge in [0, 0.05) is 11.4 Å². The highest BCUT2D eigenvalue weighted by Crippen LogP contribution is 2.36. The first-order chi connectivity index (χ1) is 7.59. The Morgan fingerprint density at radius 1 is 1.56 bits per heavy atom. The third-order valence-corrected chi connectivity index (χ3v) is 4.27. The van der Waals surface area contributed by atoms with Gasteiger partial charge >= 0.3 is 0 Å². The second-order valence-corrected chi connectivity index (χ2v) is 6.46. The highest BCUT2D eigenvalue weighted by Gasteiger charge is 2.28. The highest BCUT2D eigenvalue weighted by molar-refractivity contribution is 7.13. The maximum absolute atomic E-state index is 4.58. The molecule has 1 unspecified atom stereocenters. The summed E-state index contributed by atoms with van der Waals surface area (Å²) in [6.45, 7) is 6.91. The van der Waals surface area contributed by atoms with Gasteiger partial charge in [-0.3, -0.25) is 0 Å². The molecule has 2 nitrogen and oxygen atoms in total. The average Bonchev–Trinajstić information content (AvgIpc) is 2.64. The van der Waals surface area contributed by atoms with Gasteiger partial charge in [-0.05, 0) is 31.1 Å². The van der Waals surface area contributed by atoms with Gasteiger partial charge in [-0.25, -0.2) is 4.98 Å². The number of thiazole rings is 1. The highest BCUT2D eigenvalue weighted by atomic mass is 32.1. The van der Waals surface area contributed by atoms with E-state index in [0.29, 0.717) is 11.5 Å². The zero-order valence-corrected chi connectivity index (χ0v) is 11.4. The molecule has 1 atom stereocenters. The molecule has 0 radical (unpaired) electrons. The van der Waals surface area contributed by atoms with E-state index in [9.17, 15) is 0 Å². The second-order valence-electron chi connectivity index (χ2n) is 5.60. The molecule has 1 saturated carbocycles. The number of aromatic nitrogens is 1. The first-order valence-corrected chi connectivity index (χ1v) is 7.18. The smallest absolute Gasteiger partial charge is 0.183 e. The fourth-order valence-corrected chi connectivity index (χ4v) is 3.40. The Kier molecular flexibility index (Phi) is 3.53. The van der Waals surface area contributed by atoms with Crippen LogP contribution in [-0.2, 0) is 6.42 Å². The molecule has 0 spiro atoms. The largest absolute Gasteiger partial charge is 0.359 e. The third kappa shape index (κ3) is 2.97. The summed E-state index contributed by atoms with van der Waals surface area (Å²) in [6, 6.07) is 0.625. The number of rotatable bonds is 3.